The zero-order valence-corrected chi connectivity index (χ0v) is 24.5. The summed E-state index contributed by atoms with van der Waals surface area (Å²) < 4.78 is 41.6. The summed E-state index contributed by atoms with van der Waals surface area (Å²) >= 11 is 0. The van der Waals surface area contributed by atoms with Gasteiger partial charge in [0, 0.05) is 12.1 Å². The van der Waals surface area contributed by atoms with Crippen LogP contribution in [0.5, 0.6) is 5.75 Å². The highest BCUT2D eigenvalue weighted by Gasteiger charge is 2.31. The number of hydrogen-bond donors (Lipinski definition) is 3. The van der Waals surface area contributed by atoms with E-state index in [0.29, 0.717) is 23.5 Å². The molecule has 1 aliphatic rings. The lowest BCUT2D eigenvalue weighted by Gasteiger charge is -2.24. The topological polar surface area (TPSA) is 105 Å². The van der Waals surface area contributed by atoms with Crippen LogP contribution in [-0.4, -0.2) is 35.8 Å². The smallest absolute Gasteiger partial charge is 0.481 e. The number of aliphatic carboxylic acids is 1. The van der Waals surface area contributed by atoms with Crippen LogP contribution in [-0.2, 0) is 16.0 Å². The first-order chi connectivity index (χ1) is 21.0. The maximum absolute atomic E-state index is 13.7. The molecule has 0 spiro atoms. The highest BCUT2D eigenvalue weighted by Crippen LogP contribution is 2.34. The van der Waals surface area contributed by atoms with E-state index in [1.165, 1.54) is 49.1 Å². The maximum atomic E-state index is 13.7. The second kappa shape index (κ2) is 14.9. The number of rotatable bonds is 12. The van der Waals surface area contributed by atoms with Gasteiger partial charge in [-0.25, -0.2) is 0 Å². The molecule has 44 heavy (non-hydrogen) atoms. The van der Waals surface area contributed by atoms with Crippen molar-refractivity contribution in [3.63, 3.8) is 0 Å². The summed E-state index contributed by atoms with van der Waals surface area (Å²) in [5.74, 6) is -2.02. The molecule has 4 rings (SSSR count). The van der Waals surface area contributed by atoms with Crippen LogP contribution in [0.2, 0.25) is 0 Å². The van der Waals surface area contributed by atoms with Gasteiger partial charge in [-0.3, -0.25) is 14.4 Å². The number of ether oxygens (including phenoxy) is 1. The van der Waals surface area contributed by atoms with Gasteiger partial charge in [0.1, 0.15) is 5.75 Å². The third-order valence-corrected chi connectivity index (χ3v) is 7.98. The monoisotopic (exact) mass is 610 g/mol. The van der Waals surface area contributed by atoms with Crippen molar-refractivity contribution in [1.82, 2.24) is 10.6 Å². The standard InChI is InChI=1S/C34H37F3N2O5/c1-22(24-15-17-29(18-16-24)44-34(35,36)37)39-33(43)30(27-13-11-26(12-14-27)25-5-3-2-4-6-25)21-23-7-9-28(10-8-23)32(42)38-20-19-31(40)41/h7-18,22,25,30H,2-6,19-21H2,1H3,(H,38,42)(H,39,43)(H,40,41). The van der Waals surface area contributed by atoms with Crippen molar-refractivity contribution < 1.29 is 37.4 Å². The van der Waals surface area contributed by atoms with E-state index in [9.17, 15) is 27.6 Å². The van der Waals surface area contributed by atoms with E-state index in [-0.39, 0.29) is 30.5 Å². The number of carboxylic acids is 1. The van der Waals surface area contributed by atoms with E-state index < -0.39 is 24.3 Å². The average molecular weight is 611 g/mol. The Morgan fingerprint density at radius 1 is 0.886 bits per heavy atom. The number of alkyl halides is 3. The zero-order valence-electron chi connectivity index (χ0n) is 24.5. The van der Waals surface area contributed by atoms with Gasteiger partial charge in [0.2, 0.25) is 5.91 Å². The maximum Gasteiger partial charge on any atom is 0.573 e. The first kappa shape index (κ1) is 32.6. The van der Waals surface area contributed by atoms with Crippen molar-refractivity contribution in [2.24, 2.45) is 0 Å². The second-order valence-electron chi connectivity index (χ2n) is 11.2. The summed E-state index contributed by atoms with van der Waals surface area (Å²) in [7, 11) is 0. The van der Waals surface area contributed by atoms with Gasteiger partial charge in [-0.2, -0.15) is 0 Å². The molecule has 1 aliphatic carbocycles. The molecule has 1 fully saturated rings. The second-order valence-corrected chi connectivity index (χ2v) is 11.2. The number of amides is 2. The number of carbonyl (C=O) groups is 3. The molecular formula is C34H37F3N2O5. The summed E-state index contributed by atoms with van der Waals surface area (Å²) in [4.78, 5) is 36.8. The van der Waals surface area contributed by atoms with Gasteiger partial charge < -0.3 is 20.5 Å². The largest absolute Gasteiger partial charge is 0.573 e. The lowest BCUT2D eigenvalue weighted by atomic mass is 9.83. The highest BCUT2D eigenvalue weighted by molar-refractivity contribution is 5.94. The van der Waals surface area contributed by atoms with E-state index in [1.807, 2.05) is 12.1 Å². The fraction of sp³-hybridized carbons (Fsp3) is 0.382. The van der Waals surface area contributed by atoms with Gasteiger partial charge in [-0.15, -0.1) is 13.2 Å². The molecule has 2 atom stereocenters. The Kier molecular flexibility index (Phi) is 11.0. The van der Waals surface area contributed by atoms with Crippen LogP contribution in [0.1, 0.15) is 95.9 Å². The molecule has 3 aromatic carbocycles. The third-order valence-electron chi connectivity index (χ3n) is 7.98. The van der Waals surface area contributed by atoms with Crippen molar-refractivity contribution in [1.29, 1.82) is 0 Å². The molecule has 0 bridgehead atoms. The Balaban J connectivity index is 1.50. The Morgan fingerprint density at radius 3 is 2.09 bits per heavy atom. The number of hydrogen-bond acceptors (Lipinski definition) is 4. The van der Waals surface area contributed by atoms with E-state index in [4.69, 9.17) is 5.11 Å². The SMILES string of the molecule is CC(NC(=O)C(Cc1ccc(C(=O)NCCC(=O)O)cc1)c1ccc(C2CCCCC2)cc1)c1ccc(OC(F)(F)F)cc1. The molecule has 7 nitrogen and oxygen atoms in total. The van der Waals surface area contributed by atoms with Crippen LogP contribution in [0.3, 0.4) is 0 Å². The van der Waals surface area contributed by atoms with Crippen LogP contribution < -0.4 is 15.4 Å². The molecule has 10 heteroatoms. The first-order valence-electron chi connectivity index (χ1n) is 14.8. The number of halogens is 3. The van der Waals surface area contributed by atoms with Gasteiger partial charge in [-0.1, -0.05) is 67.8 Å². The summed E-state index contributed by atoms with van der Waals surface area (Å²) in [6.45, 7) is 1.78. The molecule has 2 unspecified atom stereocenters. The Labute approximate surface area is 254 Å². The lowest BCUT2D eigenvalue weighted by Crippen LogP contribution is -2.32. The summed E-state index contributed by atoms with van der Waals surface area (Å²) in [6, 6.07) is 19.9. The van der Waals surface area contributed by atoms with Crippen LogP contribution in [0.15, 0.2) is 72.8 Å². The van der Waals surface area contributed by atoms with E-state index in [0.717, 1.165) is 24.0 Å². The fourth-order valence-corrected chi connectivity index (χ4v) is 5.57. The predicted octanol–water partition coefficient (Wildman–Crippen LogP) is 7.04. The predicted molar refractivity (Wildman–Crippen MR) is 159 cm³/mol. The van der Waals surface area contributed by atoms with Crippen molar-refractivity contribution in [2.45, 2.75) is 76.1 Å². The van der Waals surface area contributed by atoms with Gasteiger partial charge in [-0.05, 0) is 78.6 Å². The van der Waals surface area contributed by atoms with Crippen LogP contribution in [0.4, 0.5) is 13.2 Å². The molecule has 3 aromatic rings. The molecule has 1 saturated carbocycles. The number of carbonyl (C=O) groups excluding carboxylic acids is 2. The van der Waals surface area contributed by atoms with Crippen molar-refractivity contribution in [3.8, 4) is 5.75 Å². The third kappa shape index (κ3) is 9.59. The Morgan fingerprint density at radius 2 is 1.50 bits per heavy atom. The summed E-state index contributed by atoms with van der Waals surface area (Å²) in [6.07, 6.45) is 1.38. The molecule has 0 heterocycles. The van der Waals surface area contributed by atoms with Crippen LogP contribution in [0, 0.1) is 0 Å². The molecule has 0 aromatic heterocycles. The van der Waals surface area contributed by atoms with E-state index in [2.05, 4.69) is 27.5 Å². The minimum atomic E-state index is -4.79. The lowest BCUT2D eigenvalue weighted by molar-refractivity contribution is -0.274. The molecule has 0 saturated heterocycles. The van der Waals surface area contributed by atoms with E-state index >= 15 is 0 Å². The molecule has 2 amide bonds. The van der Waals surface area contributed by atoms with Gasteiger partial charge in [0.05, 0.1) is 18.4 Å². The summed E-state index contributed by atoms with van der Waals surface area (Å²) in [5.41, 5.74) is 3.92. The normalized spacial score (nSPS) is 15.2. The Bertz CT molecular complexity index is 1400. The van der Waals surface area contributed by atoms with Crippen molar-refractivity contribution >= 4 is 17.8 Å². The zero-order chi connectivity index (χ0) is 31.7. The number of carboxylic acid groups (broad SMARTS) is 1. The van der Waals surface area contributed by atoms with E-state index in [1.54, 1.807) is 31.2 Å². The Hall–Kier alpha value is -4.34. The van der Waals surface area contributed by atoms with Gasteiger partial charge >= 0.3 is 12.3 Å². The summed E-state index contributed by atoms with van der Waals surface area (Å²) in [5, 5.41) is 14.4. The number of nitrogens with one attached hydrogen (secondary N) is 2. The highest BCUT2D eigenvalue weighted by atomic mass is 19.4. The fourth-order valence-electron chi connectivity index (χ4n) is 5.57. The molecule has 3 N–H and O–H groups in total. The minimum Gasteiger partial charge on any atom is -0.481 e. The first-order valence-corrected chi connectivity index (χ1v) is 14.8. The average Bonchev–Trinajstić information content (AvgIpc) is 3.00. The quantitative estimate of drug-likeness (QED) is 0.204. The van der Waals surface area contributed by atoms with Crippen molar-refractivity contribution in [2.75, 3.05) is 6.54 Å². The molecule has 0 aliphatic heterocycles. The molecule has 234 valence electrons. The molecule has 0 radical (unpaired) electrons. The van der Waals surface area contributed by atoms with Gasteiger partial charge in [0.25, 0.3) is 5.91 Å². The van der Waals surface area contributed by atoms with Crippen LogP contribution >= 0.6 is 0 Å². The molecular weight excluding hydrogens is 573 g/mol. The van der Waals surface area contributed by atoms with Crippen molar-refractivity contribution in [3.05, 3.63) is 101 Å². The number of benzene rings is 3. The minimum absolute atomic E-state index is 0.0191. The van der Waals surface area contributed by atoms with Gasteiger partial charge in [0.15, 0.2) is 0 Å². The van der Waals surface area contributed by atoms with Crippen LogP contribution in [0.25, 0.3) is 0 Å².